The van der Waals surface area contributed by atoms with Crippen molar-refractivity contribution in [3.8, 4) is 0 Å². The summed E-state index contributed by atoms with van der Waals surface area (Å²) in [6.45, 7) is 0. The Hall–Kier alpha value is -1.97. The number of hydrogen-bond acceptors (Lipinski definition) is 5. The molecule has 6 nitrogen and oxygen atoms in total. The van der Waals surface area contributed by atoms with E-state index >= 15 is 0 Å². The van der Waals surface area contributed by atoms with E-state index in [0.29, 0.717) is 23.7 Å². The highest BCUT2D eigenvalue weighted by molar-refractivity contribution is 14.1. The molecule has 1 aliphatic carbocycles. The number of aromatic nitrogens is 4. The second-order valence-electron chi connectivity index (χ2n) is 5.94. The van der Waals surface area contributed by atoms with Gasteiger partial charge < -0.3 is 10.6 Å². The maximum absolute atomic E-state index is 13.2. The molecule has 1 saturated carbocycles. The zero-order chi connectivity index (χ0) is 16.5. The minimum absolute atomic E-state index is 0.300. The SMILES string of the molecule is Fc1ccn2nc(N[C@H]3CC[C@H](Nc4ccc(I)cn4)C3)nc2c1. The Morgan fingerprint density at radius 3 is 2.79 bits per heavy atom. The summed E-state index contributed by atoms with van der Waals surface area (Å²) < 4.78 is 15.9. The largest absolute Gasteiger partial charge is 0.367 e. The van der Waals surface area contributed by atoms with Gasteiger partial charge in [0.15, 0.2) is 5.65 Å². The number of anilines is 2. The van der Waals surface area contributed by atoms with Crippen molar-refractivity contribution in [3.63, 3.8) is 0 Å². The van der Waals surface area contributed by atoms with Crippen LogP contribution in [0.1, 0.15) is 19.3 Å². The molecule has 124 valence electrons. The zero-order valence-electron chi connectivity index (χ0n) is 12.8. The van der Waals surface area contributed by atoms with Crippen LogP contribution in [0.3, 0.4) is 0 Å². The molecule has 1 aliphatic rings. The topological polar surface area (TPSA) is 67.1 Å². The molecule has 0 unspecified atom stereocenters. The van der Waals surface area contributed by atoms with E-state index in [1.807, 2.05) is 18.3 Å². The van der Waals surface area contributed by atoms with Gasteiger partial charge in [0.1, 0.15) is 11.6 Å². The van der Waals surface area contributed by atoms with Crippen LogP contribution in [0.15, 0.2) is 36.7 Å². The van der Waals surface area contributed by atoms with Gasteiger partial charge in [-0.3, -0.25) is 0 Å². The summed E-state index contributed by atoms with van der Waals surface area (Å²) in [5, 5.41) is 11.1. The first-order chi connectivity index (χ1) is 11.7. The Morgan fingerprint density at radius 1 is 1.17 bits per heavy atom. The lowest BCUT2D eigenvalue weighted by molar-refractivity contribution is 0.625. The van der Waals surface area contributed by atoms with Crippen molar-refractivity contribution in [2.75, 3.05) is 10.6 Å². The molecule has 8 heteroatoms. The smallest absolute Gasteiger partial charge is 0.243 e. The lowest BCUT2D eigenvalue weighted by atomic mass is 10.2. The Balaban J connectivity index is 1.38. The summed E-state index contributed by atoms with van der Waals surface area (Å²) in [6, 6.07) is 7.47. The van der Waals surface area contributed by atoms with Gasteiger partial charge in [-0.05, 0) is 60.1 Å². The lowest BCUT2D eigenvalue weighted by Gasteiger charge is -2.14. The van der Waals surface area contributed by atoms with Crippen LogP contribution in [0, 0.1) is 9.39 Å². The van der Waals surface area contributed by atoms with Gasteiger partial charge in [0.05, 0.1) is 0 Å². The van der Waals surface area contributed by atoms with Crippen molar-refractivity contribution in [3.05, 3.63) is 46.0 Å². The van der Waals surface area contributed by atoms with E-state index < -0.39 is 0 Å². The highest BCUT2D eigenvalue weighted by Crippen LogP contribution is 2.25. The number of hydrogen-bond donors (Lipinski definition) is 2. The Bertz CT molecular complexity index is 849. The Kier molecular flexibility index (Phi) is 4.21. The average Bonchev–Trinajstić information content (AvgIpc) is 3.16. The minimum Gasteiger partial charge on any atom is -0.367 e. The summed E-state index contributed by atoms with van der Waals surface area (Å²) in [4.78, 5) is 8.71. The Morgan fingerprint density at radius 2 is 2.00 bits per heavy atom. The van der Waals surface area contributed by atoms with Gasteiger partial charge in [0.2, 0.25) is 5.95 Å². The lowest BCUT2D eigenvalue weighted by Crippen LogP contribution is -2.21. The van der Waals surface area contributed by atoms with Crippen molar-refractivity contribution in [2.24, 2.45) is 0 Å². The van der Waals surface area contributed by atoms with Crippen molar-refractivity contribution in [1.82, 2.24) is 19.6 Å². The summed E-state index contributed by atoms with van der Waals surface area (Å²) >= 11 is 2.24. The van der Waals surface area contributed by atoms with Gasteiger partial charge in [-0.15, -0.1) is 5.10 Å². The molecule has 2 atom stereocenters. The first-order valence-corrected chi connectivity index (χ1v) is 8.90. The van der Waals surface area contributed by atoms with Gasteiger partial charge in [-0.1, -0.05) is 0 Å². The quantitative estimate of drug-likeness (QED) is 0.612. The molecule has 2 N–H and O–H groups in total. The fourth-order valence-electron chi connectivity index (χ4n) is 3.01. The molecule has 0 amide bonds. The normalized spacial score (nSPS) is 20.4. The molecule has 4 rings (SSSR count). The van der Waals surface area contributed by atoms with E-state index in [4.69, 9.17) is 0 Å². The number of pyridine rings is 2. The maximum atomic E-state index is 13.2. The summed E-state index contributed by atoms with van der Waals surface area (Å²) in [5.41, 5.74) is 0.508. The van der Waals surface area contributed by atoms with Gasteiger partial charge in [-0.25, -0.2) is 13.9 Å². The third-order valence-corrected chi connectivity index (χ3v) is 4.78. The van der Waals surface area contributed by atoms with E-state index in [1.165, 1.54) is 12.1 Å². The van der Waals surface area contributed by atoms with Crippen molar-refractivity contribution < 1.29 is 4.39 Å². The van der Waals surface area contributed by atoms with Crippen LogP contribution in [0.4, 0.5) is 16.2 Å². The summed E-state index contributed by atoms with van der Waals surface area (Å²) in [6.07, 6.45) is 6.49. The fraction of sp³-hybridized carbons (Fsp3) is 0.312. The van der Waals surface area contributed by atoms with Crippen LogP contribution >= 0.6 is 22.6 Å². The molecule has 24 heavy (non-hydrogen) atoms. The highest BCUT2D eigenvalue weighted by Gasteiger charge is 2.25. The van der Waals surface area contributed by atoms with Crippen LogP contribution in [-0.4, -0.2) is 31.7 Å². The molecular weight excluding hydrogens is 422 g/mol. The molecule has 3 aromatic heterocycles. The van der Waals surface area contributed by atoms with Crippen molar-refractivity contribution >= 4 is 40.0 Å². The van der Waals surface area contributed by atoms with Crippen LogP contribution in [0.2, 0.25) is 0 Å². The highest BCUT2D eigenvalue weighted by atomic mass is 127. The number of nitrogens with one attached hydrogen (secondary N) is 2. The van der Waals surface area contributed by atoms with E-state index in [9.17, 15) is 4.39 Å². The molecule has 3 heterocycles. The third-order valence-electron chi connectivity index (χ3n) is 4.14. The van der Waals surface area contributed by atoms with Gasteiger partial charge in [-0.2, -0.15) is 4.98 Å². The second-order valence-corrected chi connectivity index (χ2v) is 7.19. The predicted octanol–water partition coefficient (Wildman–Crippen LogP) is 3.31. The third kappa shape index (κ3) is 3.42. The summed E-state index contributed by atoms with van der Waals surface area (Å²) in [7, 11) is 0. The molecule has 0 saturated heterocycles. The van der Waals surface area contributed by atoms with E-state index in [0.717, 1.165) is 28.7 Å². The molecule has 0 aliphatic heterocycles. The number of rotatable bonds is 4. The average molecular weight is 438 g/mol. The Labute approximate surface area is 152 Å². The van der Waals surface area contributed by atoms with Crippen LogP contribution in [-0.2, 0) is 0 Å². The molecule has 0 aromatic carbocycles. The van der Waals surface area contributed by atoms with Crippen LogP contribution in [0.5, 0.6) is 0 Å². The fourth-order valence-corrected chi connectivity index (χ4v) is 3.33. The molecule has 0 bridgehead atoms. The van der Waals surface area contributed by atoms with Crippen molar-refractivity contribution in [2.45, 2.75) is 31.3 Å². The van der Waals surface area contributed by atoms with Crippen LogP contribution in [0.25, 0.3) is 5.65 Å². The van der Waals surface area contributed by atoms with Crippen molar-refractivity contribution in [1.29, 1.82) is 0 Å². The molecule has 0 spiro atoms. The number of nitrogens with zero attached hydrogens (tertiary/aromatic N) is 4. The number of fused-ring (bicyclic) bond motifs is 1. The first-order valence-electron chi connectivity index (χ1n) is 7.82. The maximum Gasteiger partial charge on any atom is 0.243 e. The minimum atomic E-state index is -0.309. The van der Waals surface area contributed by atoms with Crippen LogP contribution < -0.4 is 10.6 Å². The first kappa shape index (κ1) is 15.6. The van der Waals surface area contributed by atoms with Gasteiger partial charge in [0, 0.05) is 34.1 Å². The van der Waals surface area contributed by atoms with Gasteiger partial charge >= 0.3 is 0 Å². The van der Waals surface area contributed by atoms with E-state index in [1.54, 1.807) is 10.7 Å². The van der Waals surface area contributed by atoms with E-state index in [2.05, 4.69) is 48.3 Å². The molecule has 1 fully saturated rings. The standard InChI is InChI=1S/C16H16FIN6/c17-10-5-6-24-15(7-10)22-16(23-24)21-13-3-2-12(8-13)20-14-4-1-11(18)9-19-14/h1,4-7,9,12-13H,2-3,8H2,(H,19,20)(H,21,23)/t12-,13-/m0/s1. The molecule has 3 aromatic rings. The second kappa shape index (κ2) is 6.50. The number of halogens is 2. The van der Waals surface area contributed by atoms with E-state index in [-0.39, 0.29) is 5.82 Å². The zero-order valence-corrected chi connectivity index (χ0v) is 14.9. The van der Waals surface area contributed by atoms with Gasteiger partial charge in [0.25, 0.3) is 0 Å². The summed E-state index contributed by atoms with van der Waals surface area (Å²) in [5.74, 6) is 1.14. The molecular formula is C16H16FIN6. The predicted molar refractivity (Wildman–Crippen MR) is 98.6 cm³/mol. The molecule has 0 radical (unpaired) electrons. The monoisotopic (exact) mass is 438 g/mol.